The highest BCUT2D eigenvalue weighted by Crippen LogP contribution is 2.22. The molecule has 1 aromatic heterocycles. The van der Waals surface area contributed by atoms with Crippen molar-refractivity contribution in [2.24, 2.45) is 0 Å². The largest absolute Gasteiger partial charge is 0.497 e. The molecule has 0 bridgehead atoms. The van der Waals surface area contributed by atoms with Crippen LogP contribution in [0.3, 0.4) is 0 Å². The first kappa shape index (κ1) is 13.1. The van der Waals surface area contributed by atoms with E-state index in [4.69, 9.17) is 10.5 Å². The molecule has 0 aliphatic carbocycles. The Hall–Kier alpha value is -2.89. The van der Waals surface area contributed by atoms with Gasteiger partial charge >= 0.3 is 0 Å². The minimum absolute atomic E-state index is 0.583. The van der Waals surface area contributed by atoms with E-state index in [2.05, 4.69) is 15.5 Å². The van der Waals surface area contributed by atoms with Crippen molar-refractivity contribution in [1.82, 2.24) is 20.2 Å². The Kier molecular flexibility index (Phi) is 3.51. The van der Waals surface area contributed by atoms with E-state index in [1.54, 1.807) is 11.8 Å². The van der Waals surface area contributed by atoms with E-state index in [1.165, 1.54) is 0 Å². The molecular weight excluding hydrogens is 266 g/mol. The van der Waals surface area contributed by atoms with Crippen LogP contribution >= 0.6 is 0 Å². The molecule has 0 amide bonds. The highest BCUT2D eigenvalue weighted by Gasteiger charge is 2.10. The second-order valence-electron chi connectivity index (χ2n) is 4.63. The van der Waals surface area contributed by atoms with E-state index in [-0.39, 0.29) is 0 Å². The number of nitrogen functional groups attached to an aromatic ring is 1. The van der Waals surface area contributed by atoms with Gasteiger partial charge in [-0.1, -0.05) is 24.3 Å². The molecular formula is C15H15N5O. The van der Waals surface area contributed by atoms with Gasteiger partial charge in [0.2, 0.25) is 0 Å². The maximum absolute atomic E-state index is 5.69. The number of benzene rings is 2. The zero-order chi connectivity index (χ0) is 14.7. The predicted molar refractivity (Wildman–Crippen MR) is 79.8 cm³/mol. The smallest absolute Gasteiger partial charge is 0.182 e. The molecule has 2 N–H and O–H groups in total. The molecule has 1 heterocycles. The van der Waals surface area contributed by atoms with Crippen LogP contribution in [0.1, 0.15) is 5.56 Å². The van der Waals surface area contributed by atoms with E-state index < -0.39 is 0 Å². The molecule has 0 saturated carbocycles. The van der Waals surface area contributed by atoms with E-state index in [0.717, 1.165) is 22.6 Å². The van der Waals surface area contributed by atoms with Gasteiger partial charge in [0.05, 0.1) is 13.7 Å². The number of anilines is 1. The van der Waals surface area contributed by atoms with Crippen LogP contribution in [-0.2, 0) is 6.54 Å². The van der Waals surface area contributed by atoms with Crippen molar-refractivity contribution in [3.8, 4) is 17.1 Å². The second kappa shape index (κ2) is 5.62. The molecule has 2 aromatic carbocycles. The Morgan fingerprint density at radius 3 is 2.71 bits per heavy atom. The molecule has 106 valence electrons. The third-order valence-corrected chi connectivity index (χ3v) is 3.17. The number of ether oxygens (including phenoxy) is 1. The number of rotatable bonds is 4. The van der Waals surface area contributed by atoms with E-state index in [9.17, 15) is 0 Å². The number of nitrogens with zero attached hydrogens (tertiary/aromatic N) is 4. The van der Waals surface area contributed by atoms with Crippen molar-refractivity contribution >= 4 is 5.69 Å². The predicted octanol–water partition coefficient (Wildman–Crippen LogP) is 1.98. The fourth-order valence-corrected chi connectivity index (χ4v) is 2.08. The Bertz CT molecular complexity index is 736. The maximum Gasteiger partial charge on any atom is 0.182 e. The van der Waals surface area contributed by atoms with Crippen molar-refractivity contribution in [2.75, 3.05) is 12.8 Å². The van der Waals surface area contributed by atoms with Crippen molar-refractivity contribution in [3.63, 3.8) is 0 Å². The standard InChI is InChI=1S/C15H15N5O/c1-21-14-4-2-3-12(9-14)15-17-18-19-20(15)10-11-5-7-13(16)8-6-11/h2-9H,10,16H2,1H3. The van der Waals surface area contributed by atoms with Crippen molar-refractivity contribution in [2.45, 2.75) is 6.54 Å². The van der Waals surface area contributed by atoms with Crippen molar-refractivity contribution < 1.29 is 4.74 Å². The first-order chi connectivity index (χ1) is 10.3. The Balaban J connectivity index is 1.91. The number of aromatic nitrogens is 4. The number of methoxy groups -OCH3 is 1. The van der Waals surface area contributed by atoms with Crippen LogP contribution in [0, 0.1) is 0 Å². The van der Waals surface area contributed by atoms with Crippen LogP contribution in [0.4, 0.5) is 5.69 Å². The molecule has 0 spiro atoms. The van der Waals surface area contributed by atoms with Crippen LogP contribution in [0.5, 0.6) is 5.75 Å². The molecule has 0 radical (unpaired) electrons. The fraction of sp³-hybridized carbons (Fsp3) is 0.133. The number of nitrogens with two attached hydrogens (primary N) is 1. The Morgan fingerprint density at radius 1 is 1.14 bits per heavy atom. The van der Waals surface area contributed by atoms with Gasteiger partial charge in [-0.05, 0) is 40.3 Å². The molecule has 6 nitrogen and oxygen atoms in total. The van der Waals surface area contributed by atoms with Gasteiger partial charge in [-0.3, -0.25) is 0 Å². The van der Waals surface area contributed by atoms with Gasteiger partial charge < -0.3 is 10.5 Å². The van der Waals surface area contributed by atoms with Gasteiger partial charge in [-0.2, -0.15) is 0 Å². The summed E-state index contributed by atoms with van der Waals surface area (Å²) in [4.78, 5) is 0. The lowest BCUT2D eigenvalue weighted by Gasteiger charge is -2.06. The molecule has 0 unspecified atom stereocenters. The average Bonchev–Trinajstić information content (AvgIpc) is 2.98. The lowest BCUT2D eigenvalue weighted by atomic mass is 10.2. The minimum atomic E-state index is 0.583. The molecule has 0 aliphatic rings. The van der Waals surface area contributed by atoms with Gasteiger partial charge in [-0.25, -0.2) is 4.68 Å². The quantitative estimate of drug-likeness (QED) is 0.740. The summed E-state index contributed by atoms with van der Waals surface area (Å²) in [7, 11) is 1.64. The van der Waals surface area contributed by atoms with Gasteiger partial charge in [0.25, 0.3) is 0 Å². The summed E-state index contributed by atoms with van der Waals surface area (Å²) < 4.78 is 6.98. The summed E-state index contributed by atoms with van der Waals surface area (Å²) in [5.74, 6) is 1.47. The zero-order valence-electron chi connectivity index (χ0n) is 11.6. The number of tetrazole rings is 1. The lowest BCUT2D eigenvalue weighted by Crippen LogP contribution is -2.04. The molecule has 3 aromatic rings. The van der Waals surface area contributed by atoms with E-state index in [1.807, 2.05) is 48.5 Å². The third-order valence-electron chi connectivity index (χ3n) is 3.17. The van der Waals surface area contributed by atoms with E-state index >= 15 is 0 Å². The lowest BCUT2D eigenvalue weighted by molar-refractivity contribution is 0.415. The molecule has 0 aliphatic heterocycles. The van der Waals surface area contributed by atoms with Crippen LogP contribution in [-0.4, -0.2) is 27.3 Å². The van der Waals surface area contributed by atoms with Gasteiger partial charge in [0.1, 0.15) is 5.75 Å². The van der Waals surface area contributed by atoms with Crippen molar-refractivity contribution in [3.05, 3.63) is 54.1 Å². The van der Waals surface area contributed by atoms with Crippen molar-refractivity contribution in [1.29, 1.82) is 0 Å². The number of hydrogen-bond acceptors (Lipinski definition) is 5. The average molecular weight is 281 g/mol. The number of hydrogen-bond donors (Lipinski definition) is 1. The molecule has 21 heavy (non-hydrogen) atoms. The third kappa shape index (κ3) is 2.84. The fourth-order valence-electron chi connectivity index (χ4n) is 2.08. The summed E-state index contributed by atoms with van der Waals surface area (Å²) in [6.45, 7) is 0.583. The Morgan fingerprint density at radius 2 is 1.95 bits per heavy atom. The highest BCUT2D eigenvalue weighted by molar-refractivity contribution is 5.57. The summed E-state index contributed by atoms with van der Waals surface area (Å²) in [5.41, 5.74) is 8.43. The maximum atomic E-state index is 5.69. The van der Waals surface area contributed by atoms with Gasteiger partial charge in [0, 0.05) is 11.3 Å². The van der Waals surface area contributed by atoms with Crippen LogP contribution in [0.25, 0.3) is 11.4 Å². The Labute approximate surface area is 122 Å². The first-order valence-electron chi connectivity index (χ1n) is 6.51. The summed E-state index contributed by atoms with van der Waals surface area (Å²) >= 11 is 0. The minimum Gasteiger partial charge on any atom is -0.497 e. The molecule has 6 heteroatoms. The molecule has 3 rings (SSSR count). The highest BCUT2D eigenvalue weighted by atomic mass is 16.5. The van der Waals surface area contributed by atoms with Crippen LogP contribution in [0.2, 0.25) is 0 Å². The van der Waals surface area contributed by atoms with Gasteiger partial charge in [0.15, 0.2) is 5.82 Å². The molecule has 0 fully saturated rings. The van der Waals surface area contributed by atoms with E-state index in [0.29, 0.717) is 12.4 Å². The molecule has 0 atom stereocenters. The second-order valence-corrected chi connectivity index (χ2v) is 4.63. The molecule has 0 saturated heterocycles. The SMILES string of the molecule is COc1cccc(-c2nnnn2Cc2ccc(N)cc2)c1. The van der Waals surface area contributed by atoms with Crippen LogP contribution < -0.4 is 10.5 Å². The topological polar surface area (TPSA) is 78.9 Å². The van der Waals surface area contributed by atoms with Gasteiger partial charge in [-0.15, -0.1) is 5.10 Å². The first-order valence-corrected chi connectivity index (χ1v) is 6.51. The summed E-state index contributed by atoms with van der Waals surface area (Å²) in [6.07, 6.45) is 0. The normalized spacial score (nSPS) is 10.5. The zero-order valence-corrected chi connectivity index (χ0v) is 11.6. The summed E-state index contributed by atoms with van der Waals surface area (Å²) in [5, 5.41) is 11.9. The summed E-state index contributed by atoms with van der Waals surface area (Å²) in [6, 6.07) is 15.3. The van der Waals surface area contributed by atoms with Crippen LogP contribution in [0.15, 0.2) is 48.5 Å². The monoisotopic (exact) mass is 281 g/mol.